The Hall–Kier alpha value is -6.08. The Morgan fingerprint density at radius 1 is 0.771 bits per heavy atom. The van der Waals surface area contributed by atoms with Crippen molar-refractivity contribution in [1.82, 2.24) is 9.55 Å². The molecule has 0 N–H and O–H groups in total. The van der Waals surface area contributed by atoms with E-state index in [1.807, 2.05) is 0 Å². The fourth-order valence-electron chi connectivity index (χ4n) is 4.01. The first kappa shape index (κ1) is 36.4. The van der Waals surface area contributed by atoms with Gasteiger partial charge in [0.05, 0.1) is 60.0 Å². The Morgan fingerprint density at radius 2 is 1.25 bits per heavy atom. The van der Waals surface area contributed by atoms with Crippen LogP contribution in [0, 0.1) is 26.0 Å². The van der Waals surface area contributed by atoms with Gasteiger partial charge in [-0.05, 0) is 36.4 Å². The molecule has 254 valence electrons. The highest BCUT2D eigenvalue weighted by atomic mass is 19.4. The summed E-state index contributed by atoms with van der Waals surface area (Å²) >= 11 is 0. The van der Waals surface area contributed by atoms with E-state index in [0.717, 1.165) is 31.2 Å². The van der Waals surface area contributed by atoms with Crippen molar-refractivity contribution in [2.24, 2.45) is 0 Å². The fourth-order valence-corrected chi connectivity index (χ4v) is 4.01. The van der Waals surface area contributed by atoms with Crippen molar-refractivity contribution in [2.75, 3.05) is 21.3 Å². The molecule has 3 aromatic carbocycles. The summed E-state index contributed by atoms with van der Waals surface area (Å²) in [6.45, 7) is 0. The lowest BCUT2D eigenvalue weighted by Gasteiger charge is -2.14. The minimum Gasteiger partial charge on any atom is -0.497 e. The van der Waals surface area contributed by atoms with Crippen molar-refractivity contribution in [2.45, 2.75) is 12.4 Å². The molecule has 0 saturated heterocycles. The lowest BCUT2D eigenvalue weighted by atomic mass is 10.1. The van der Waals surface area contributed by atoms with Crippen molar-refractivity contribution in [3.05, 3.63) is 109 Å². The molecule has 0 aliphatic heterocycles. The second-order valence-electron chi connectivity index (χ2n) is 9.12. The maximum atomic E-state index is 13.6. The number of methoxy groups -OCH3 is 3. The van der Waals surface area contributed by atoms with E-state index in [1.165, 1.54) is 13.3 Å². The molecule has 13 nitrogen and oxygen atoms in total. The zero-order chi connectivity index (χ0) is 36.1. The lowest BCUT2D eigenvalue weighted by molar-refractivity contribution is -0.385. The smallest absolute Gasteiger partial charge is 0.419 e. The molecule has 48 heavy (non-hydrogen) atoms. The zero-order valence-electron chi connectivity index (χ0n) is 24.4. The van der Waals surface area contributed by atoms with Gasteiger partial charge in [-0.25, -0.2) is 19.0 Å². The van der Waals surface area contributed by atoms with Crippen LogP contribution in [0.15, 0.2) is 61.1 Å². The van der Waals surface area contributed by atoms with Crippen LogP contribution in [0.4, 0.5) is 42.1 Å². The van der Waals surface area contributed by atoms with Gasteiger partial charge in [0, 0.05) is 23.9 Å². The van der Waals surface area contributed by atoms with Gasteiger partial charge in [0.2, 0.25) is 0 Å². The number of carbonyl (C=O) groups excluding carboxylic acids is 2. The van der Waals surface area contributed by atoms with E-state index < -0.39 is 79.3 Å². The summed E-state index contributed by atoms with van der Waals surface area (Å²) in [6.07, 6.45) is -7.57. The third kappa shape index (κ3) is 8.00. The van der Waals surface area contributed by atoms with Crippen LogP contribution in [-0.4, -0.2) is 52.7 Å². The number of benzene rings is 3. The zero-order valence-corrected chi connectivity index (χ0v) is 24.4. The molecule has 0 unspecified atom stereocenters. The quantitative estimate of drug-likeness (QED) is 0.0872. The number of ether oxygens (including phenoxy) is 3. The topological polar surface area (TPSA) is 166 Å². The van der Waals surface area contributed by atoms with E-state index in [2.05, 4.69) is 14.5 Å². The lowest BCUT2D eigenvalue weighted by Crippen LogP contribution is -2.14. The number of rotatable bonds is 7. The summed E-state index contributed by atoms with van der Waals surface area (Å²) in [5.41, 5.74) is -6.31. The van der Waals surface area contributed by atoms with Crippen LogP contribution >= 0.6 is 0 Å². The summed E-state index contributed by atoms with van der Waals surface area (Å²) in [5.74, 6) is -3.62. The predicted octanol–water partition coefficient (Wildman–Crippen LogP) is 6.80. The largest absolute Gasteiger partial charge is 0.497 e. The van der Waals surface area contributed by atoms with Gasteiger partial charge in [0.15, 0.2) is 0 Å². The van der Waals surface area contributed by atoms with Crippen LogP contribution in [0.25, 0.3) is 16.9 Å². The average Bonchev–Trinajstić information content (AvgIpc) is 3.52. The number of nitro benzene ring substituents is 2. The van der Waals surface area contributed by atoms with Crippen LogP contribution in [0.3, 0.4) is 0 Å². The third-order valence-electron chi connectivity index (χ3n) is 6.26. The number of hydrogen-bond acceptors (Lipinski definition) is 10. The number of nitrogens with zero attached hydrogens (tertiary/aromatic N) is 4. The molecule has 0 fully saturated rings. The standard InChI is InChI=1S/C19H14F3N3O5.C9H5F4NO4/c1-29-12-5-3-11(4-6-12)15-9-24(10-23-15)17-7-13(18(26)30-2)16(25(27)28)8-14(17)19(20,21)22;1-18-8(15)4-2-6(10)5(9(11,12)13)3-7(4)14(16)17/h3-10H,1-2H3;2-3H,1H3. The van der Waals surface area contributed by atoms with E-state index in [1.54, 1.807) is 24.3 Å². The molecule has 0 radical (unpaired) electrons. The van der Waals surface area contributed by atoms with Gasteiger partial charge in [-0.15, -0.1) is 0 Å². The van der Waals surface area contributed by atoms with Crippen molar-refractivity contribution in [3.8, 4) is 22.7 Å². The van der Waals surface area contributed by atoms with Gasteiger partial charge < -0.3 is 18.8 Å². The van der Waals surface area contributed by atoms with E-state index in [4.69, 9.17) is 4.74 Å². The molecule has 0 atom stereocenters. The Bertz CT molecular complexity index is 1870. The summed E-state index contributed by atoms with van der Waals surface area (Å²) in [4.78, 5) is 46.6. The minimum atomic E-state index is -5.09. The first-order valence-electron chi connectivity index (χ1n) is 12.6. The van der Waals surface area contributed by atoms with Gasteiger partial charge in [-0.3, -0.25) is 20.2 Å². The Balaban J connectivity index is 0.000000297. The van der Waals surface area contributed by atoms with E-state index in [0.29, 0.717) is 23.1 Å². The summed E-state index contributed by atoms with van der Waals surface area (Å²) in [5, 5.41) is 21.8. The Kier molecular flexibility index (Phi) is 10.7. The number of aromatic nitrogens is 2. The number of alkyl halides is 6. The third-order valence-corrected chi connectivity index (χ3v) is 6.26. The highest BCUT2D eigenvalue weighted by Crippen LogP contribution is 2.39. The molecule has 0 spiro atoms. The molecule has 0 saturated carbocycles. The van der Waals surface area contributed by atoms with Crippen LogP contribution in [0.2, 0.25) is 0 Å². The van der Waals surface area contributed by atoms with E-state index >= 15 is 0 Å². The predicted molar refractivity (Wildman–Crippen MR) is 148 cm³/mol. The second-order valence-corrected chi connectivity index (χ2v) is 9.12. The van der Waals surface area contributed by atoms with Crippen molar-refractivity contribution < 1.29 is 64.4 Å². The highest BCUT2D eigenvalue weighted by molar-refractivity contribution is 5.95. The monoisotopic (exact) mass is 688 g/mol. The SMILES string of the molecule is COC(=O)c1cc(-n2cnc(-c3ccc(OC)cc3)c2)c(C(F)(F)F)cc1[N+](=O)[O-].COC(=O)c1cc(F)c(C(F)(F)F)cc1[N+](=O)[O-]. The molecule has 0 aliphatic carbocycles. The van der Waals surface area contributed by atoms with Gasteiger partial charge in [-0.1, -0.05) is 0 Å². The molecule has 20 heteroatoms. The molecule has 4 aromatic rings. The highest BCUT2D eigenvalue weighted by Gasteiger charge is 2.39. The van der Waals surface area contributed by atoms with E-state index in [-0.39, 0.29) is 12.1 Å². The Morgan fingerprint density at radius 3 is 1.69 bits per heavy atom. The van der Waals surface area contributed by atoms with Gasteiger partial charge in [0.25, 0.3) is 11.4 Å². The molecular formula is C28H19F7N4O9. The van der Waals surface area contributed by atoms with Crippen LogP contribution in [0.5, 0.6) is 5.75 Å². The van der Waals surface area contributed by atoms with Gasteiger partial charge in [-0.2, -0.15) is 26.3 Å². The number of esters is 2. The van der Waals surface area contributed by atoms with Crippen LogP contribution in [0.1, 0.15) is 31.8 Å². The molecule has 1 aromatic heterocycles. The van der Waals surface area contributed by atoms with Crippen molar-refractivity contribution in [3.63, 3.8) is 0 Å². The summed E-state index contributed by atoms with van der Waals surface area (Å²) in [7, 11) is 3.33. The van der Waals surface area contributed by atoms with Gasteiger partial charge >= 0.3 is 24.3 Å². The maximum Gasteiger partial charge on any atom is 0.419 e. The summed E-state index contributed by atoms with van der Waals surface area (Å²) < 4.78 is 106. The first-order valence-corrected chi connectivity index (χ1v) is 12.6. The number of hydrogen-bond donors (Lipinski definition) is 0. The number of imidazole rings is 1. The van der Waals surface area contributed by atoms with Crippen molar-refractivity contribution in [1.29, 1.82) is 0 Å². The number of carbonyl (C=O) groups is 2. The molecule has 0 aliphatic rings. The van der Waals surface area contributed by atoms with Gasteiger partial charge in [0.1, 0.15) is 22.7 Å². The summed E-state index contributed by atoms with van der Waals surface area (Å²) in [6, 6.07) is 7.85. The number of nitro groups is 2. The number of halogens is 7. The van der Waals surface area contributed by atoms with Crippen LogP contribution in [-0.2, 0) is 21.8 Å². The molecule has 4 rings (SSSR count). The molecule has 1 heterocycles. The normalized spacial score (nSPS) is 11.2. The molecule has 0 bridgehead atoms. The van der Waals surface area contributed by atoms with E-state index in [9.17, 15) is 60.6 Å². The fraction of sp³-hybridized carbons (Fsp3) is 0.179. The first-order chi connectivity index (χ1) is 22.3. The molecule has 0 amide bonds. The average molecular weight is 688 g/mol. The molecular weight excluding hydrogens is 669 g/mol. The maximum absolute atomic E-state index is 13.6. The van der Waals surface area contributed by atoms with Crippen LogP contribution < -0.4 is 4.74 Å². The second kappa shape index (κ2) is 14.1. The minimum absolute atomic E-state index is 0.0401. The Labute approximate surface area is 263 Å². The van der Waals surface area contributed by atoms with Crippen molar-refractivity contribution >= 4 is 23.3 Å².